The number of hydrogen-bond donors (Lipinski definition) is 1. The van der Waals surface area contributed by atoms with Crippen LogP contribution in [0, 0.1) is 6.92 Å². The summed E-state index contributed by atoms with van der Waals surface area (Å²) in [7, 11) is 0. The second-order valence-electron chi connectivity index (χ2n) is 4.94. The molecular weight excluding hydrogens is 254 g/mol. The van der Waals surface area contributed by atoms with Gasteiger partial charge in [-0.2, -0.15) is 0 Å². The maximum atomic E-state index is 12.1. The molecule has 0 aliphatic heterocycles. The number of nitrogens with zero attached hydrogens (tertiary/aromatic N) is 2. The van der Waals surface area contributed by atoms with Crippen molar-refractivity contribution in [2.45, 2.75) is 26.8 Å². The first-order valence-corrected chi connectivity index (χ1v) is 6.61. The van der Waals surface area contributed by atoms with Crippen molar-refractivity contribution >= 4 is 17.5 Å². The predicted octanol–water partition coefficient (Wildman–Crippen LogP) is 2.84. The van der Waals surface area contributed by atoms with Crippen LogP contribution in [0.2, 0.25) is 0 Å². The number of nitrogens with one attached hydrogen (secondary N) is 1. The average Bonchev–Trinajstić information content (AvgIpc) is 2.82. The molecule has 106 valence electrons. The first-order chi connectivity index (χ1) is 9.56. The van der Waals surface area contributed by atoms with E-state index in [-0.39, 0.29) is 18.5 Å². The third-order valence-corrected chi connectivity index (χ3v) is 2.92. The van der Waals surface area contributed by atoms with Crippen molar-refractivity contribution in [1.29, 1.82) is 0 Å². The van der Waals surface area contributed by atoms with Gasteiger partial charge in [0.15, 0.2) is 0 Å². The molecule has 1 aromatic heterocycles. The molecule has 20 heavy (non-hydrogen) atoms. The number of aromatic nitrogens is 1. The van der Waals surface area contributed by atoms with E-state index in [9.17, 15) is 4.79 Å². The smallest absolute Gasteiger partial charge is 0.246 e. The van der Waals surface area contributed by atoms with Crippen LogP contribution in [-0.4, -0.2) is 23.7 Å². The van der Waals surface area contributed by atoms with Gasteiger partial charge in [-0.05, 0) is 32.9 Å². The lowest BCUT2D eigenvalue weighted by Crippen LogP contribution is -2.38. The maximum Gasteiger partial charge on any atom is 0.246 e. The van der Waals surface area contributed by atoms with Crippen molar-refractivity contribution in [1.82, 2.24) is 5.16 Å². The fraction of sp³-hybridized carbons (Fsp3) is 0.333. The van der Waals surface area contributed by atoms with Gasteiger partial charge >= 0.3 is 0 Å². The molecule has 0 unspecified atom stereocenters. The number of amides is 1. The molecule has 0 saturated carbocycles. The molecule has 0 aliphatic carbocycles. The lowest BCUT2D eigenvalue weighted by molar-refractivity contribution is -0.115. The van der Waals surface area contributed by atoms with E-state index in [1.807, 2.05) is 42.2 Å². The molecule has 1 amide bonds. The Labute approximate surface area is 118 Å². The van der Waals surface area contributed by atoms with Gasteiger partial charge in [-0.1, -0.05) is 23.4 Å². The maximum absolute atomic E-state index is 12.1. The van der Waals surface area contributed by atoms with Crippen LogP contribution in [0.15, 0.2) is 40.9 Å². The Kier molecular flexibility index (Phi) is 4.40. The minimum Gasteiger partial charge on any atom is -0.360 e. The largest absolute Gasteiger partial charge is 0.360 e. The Morgan fingerprint density at radius 2 is 2.05 bits per heavy atom. The van der Waals surface area contributed by atoms with Gasteiger partial charge in [-0.3, -0.25) is 10.1 Å². The highest BCUT2D eigenvalue weighted by Gasteiger charge is 2.15. The molecule has 0 atom stereocenters. The van der Waals surface area contributed by atoms with Gasteiger partial charge in [0, 0.05) is 17.8 Å². The molecule has 5 heteroatoms. The Hall–Kier alpha value is -2.30. The Balaban J connectivity index is 2.03. The van der Waals surface area contributed by atoms with Crippen LogP contribution < -0.4 is 10.2 Å². The minimum atomic E-state index is -0.126. The lowest BCUT2D eigenvalue weighted by Gasteiger charge is -2.28. The van der Waals surface area contributed by atoms with E-state index >= 15 is 0 Å². The molecule has 2 aromatic rings. The van der Waals surface area contributed by atoms with Crippen molar-refractivity contribution in [3.05, 3.63) is 42.1 Å². The number of para-hydroxylation sites is 1. The number of anilines is 2. The molecule has 0 bridgehead atoms. The summed E-state index contributed by atoms with van der Waals surface area (Å²) in [5.74, 6) is 0.253. The highest BCUT2D eigenvalue weighted by molar-refractivity contribution is 5.93. The highest BCUT2D eigenvalue weighted by Crippen LogP contribution is 2.16. The minimum absolute atomic E-state index is 0.126. The van der Waals surface area contributed by atoms with Gasteiger partial charge < -0.3 is 9.42 Å². The summed E-state index contributed by atoms with van der Waals surface area (Å²) in [6.45, 7) is 6.18. The molecule has 0 saturated heterocycles. The van der Waals surface area contributed by atoms with E-state index in [2.05, 4.69) is 24.3 Å². The molecular formula is C15H19N3O2. The standard InChI is InChI=1S/C15H19N3O2/c1-11(2)18(13-7-5-4-6-8-13)10-14(19)16-15-9-12(3)17-20-15/h4-9,11H,10H2,1-3H3,(H,16,19). The predicted molar refractivity (Wildman–Crippen MR) is 78.8 cm³/mol. The Morgan fingerprint density at radius 3 is 2.60 bits per heavy atom. The molecule has 0 spiro atoms. The van der Waals surface area contributed by atoms with E-state index < -0.39 is 0 Å². The SMILES string of the molecule is Cc1cc(NC(=O)CN(c2ccccc2)C(C)C)on1. The molecule has 0 radical (unpaired) electrons. The van der Waals surface area contributed by atoms with Gasteiger partial charge in [0.25, 0.3) is 0 Å². The van der Waals surface area contributed by atoms with E-state index in [0.717, 1.165) is 11.4 Å². The Morgan fingerprint density at radius 1 is 1.35 bits per heavy atom. The lowest BCUT2D eigenvalue weighted by atomic mass is 10.2. The third kappa shape index (κ3) is 3.60. The molecule has 1 heterocycles. The molecule has 0 fully saturated rings. The van der Waals surface area contributed by atoms with Crippen LogP contribution >= 0.6 is 0 Å². The normalized spacial score (nSPS) is 10.6. The monoisotopic (exact) mass is 273 g/mol. The second kappa shape index (κ2) is 6.23. The summed E-state index contributed by atoms with van der Waals surface area (Å²) in [5.41, 5.74) is 1.76. The van der Waals surface area contributed by atoms with E-state index in [4.69, 9.17) is 4.52 Å². The second-order valence-corrected chi connectivity index (χ2v) is 4.94. The van der Waals surface area contributed by atoms with Crippen LogP contribution in [0.3, 0.4) is 0 Å². The van der Waals surface area contributed by atoms with Crippen molar-refractivity contribution in [3.63, 3.8) is 0 Å². The number of carbonyl (C=O) groups excluding carboxylic acids is 1. The summed E-state index contributed by atoms with van der Waals surface area (Å²) < 4.78 is 4.98. The van der Waals surface area contributed by atoms with Crippen molar-refractivity contribution in [2.75, 3.05) is 16.8 Å². The topological polar surface area (TPSA) is 58.4 Å². The summed E-state index contributed by atoms with van der Waals surface area (Å²) in [6, 6.07) is 11.8. The number of carbonyl (C=O) groups is 1. The summed E-state index contributed by atoms with van der Waals surface area (Å²) in [6.07, 6.45) is 0. The van der Waals surface area contributed by atoms with Crippen LogP contribution in [0.4, 0.5) is 11.6 Å². The fourth-order valence-corrected chi connectivity index (χ4v) is 1.95. The first-order valence-electron chi connectivity index (χ1n) is 6.61. The Bertz CT molecular complexity index is 564. The number of rotatable bonds is 5. The molecule has 0 aliphatic rings. The fourth-order valence-electron chi connectivity index (χ4n) is 1.95. The van der Waals surface area contributed by atoms with Crippen molar-refractivity contribution in [3.8, 4) is 0 Å². The molecule has 1 aromatic carbocycles. The first kappa shape index (κ1) is 14.1. The van der Waals surface area contributed by atoms with Gasteiger partial charge in [-0.25, -0.2) is 0 Å². The van der Waals surface area contributed by atoms with Gasteiger partial charge in [0.05, 0.1) is 12.2 Å². The molecule has 5 nitrogen and oxygen atoms in total. The zero-order chi connectivity index (χ0) is 14.5. The van der Waals surface area contributed by atoms with E-state index in [0.29, 0.717) is 5.88 Å². The van der Waals surface area contributed by atoms with Crippen LogP contribution in [-0.2, 0) is 4.79 Å². The molecule has 1 N–H and O–H groups in total. The van der Waals surface area contributed by atoms with Crippen molar-refractivity contribution < 1.29 is 9.32 Å². The average molecular weight is 273 g/mol. The van der Waals surface area contributed by atoms with Crippen LogP contribution in [0.25, 0.3) is 0 Å². The van der Waals surface area contributed by atoms with Gasteiger partial charge in [0.2, 0.25) is 11.8 Å². The molecule has 2 rings (SSSR count). The van der Waals surface area contributed by atoms with Gasteiger partial charge in [-0.15, -0.1) is 0 Å². The zero-order valence-electron chi connectivity index (χ0n) is 12.0. The van der Waals surface area contributed by atoms with E-state index in [1.54, 1.807) is 6.07 Å². The third-order valence-electron chi connectivity index (χ3n) is 2.92. The van der Waals surface area contributed by atoms with Crippen molar-refractivity contribution in [2.24, 2.45) is 0 Å². The quantitative estimate of drug-likeness (QED) is 0.910. The summed E-state index contributed by atoms with van der Waals surface area (Å²) in [5, 5.41) is 6.45. The number of aryl methyl sites for hydroxylation is 1. The van der Waals surface area contributed by atoms with Crippen LogP contribution in [0.1, 0.15) is 19.5 Å². The van der Waals surface area contributed by atoms with Gasteiger partial charge in [0.1, 0.15) is 0 Å². The summed E-state index contributed by atoms with van der Waals surface area (Å²) >= 11 is 0. The highest BCUT2D eigenvalue weighted by atomic mass is 16.5. The van der Waals surface area contributed by atoms with Crippen LogP contribution in [0.5, 0.6) is 0 Å². The van der Waals surface area contributed by atoms with E-state index in [1.165, 1.54) is 0 Å². The number of hydrogen-bond acceptors (Lipinski definition) is 4. The summed E-state index contributed by atoms with van der Waals surface area (Å²) in [4.78, 5) is 14.1. The zero-order valence-corrected chi connectivity index (χ0v) is 12.0. The number of benzene rings is 1.